The lowest BCUT2D eigenvalue weighted by molar-refractivity contribution is -0.307. The molecule has 0 amide bonds. The van der Waals surface area contributed by atoms with Crippen LogP contribution in [0.4, 0.5) is 0 Å². The highest BCUT2D eigenvalue weighted by Crippen LogP contribution is 2.34. The van der Waals surface area contributed by atoms with E-state index >= 15 is 0 Å². The number of ketones is 1. The van der Waals surface area contributed by atoms with Crippen LogP contribution in [0.15, 0.2) is 48.2 Å². The molecule has 0 atom stereocenters. The molecule has 0 saturated heterocycles. The number of benzene rings is 2. The van der Waals surface area contributed by atoms with Gasteiger partial charge in [0.15, 0.2) is 5.76 Å². The smallest absolute Gasteiger partial charge is 0.231 e. The highest BCUT2D eigenvalue weighted by molar-refractivity contribution is 6.14. The maximum absolute atomic E-state index is 12.3. The third-order valence-electron chi connectivity index (χ3n) is 3.37. The van der Waals surface area contributed by atoms with E-state index in [-0.39, 0.29) is 11.5 Å². The second-order valence-electron chi connectivity index (χ2n) is 5.17. The van der Waals surface area contributed by atoms with Crippen molar-refractivity contribution in [3.8, 4) is 11.5 Å². The van der Waals surface area contributed by atoms with Crippen LogP contribution in [0.1, 0.15) is 21.5 Å². The van der Waals surface area contributed by atoms with Crippen molar-refractivity contribution in [2.45, 2.75) is 6.92 Å². The SMILES string of the molecule is Cc1ccc(/C=C2\Oc3cc(OCC(=O)[O-])ccc3C2=O)cc1. The van der Waals surface area contributed by atoms with Gasteiger partial charge in [-0.05, 0) is 30.7 Å². The highest BCUT2D eigenvalue weighted by Gasteiger charge is 2.27. The fraction of sp³-hybridized carbons (Fsp3) is 0.111. The quantitative estimate of drug-likeness (QED) is 0.804. The van der Waals surface area contributed by atoms with Crippen molar-refractivity contribution in [2.75, 3.05) is 6.61 Å². The van der Waals surface area contributed by atoms with Crippen molar-refractivity contribution < 1.29 is 24.2 Å². The minimum atomic E-state index is -1.32. The number of aryl methyl sites for hydroxylation is 1. The number of rotatable bonds is 4. The van der Waals surface area contributed by atoms with Gasteiger partial charge in [0.1, 0.15) is 18.1 Å². The molecule has 0 saturated carbocycles. The predicted molar refractivity (Wildman–Crippen MR) is 81.1 cm³/mol. The molecule has 2 aromatic carbocycles. The summed E-state index contributed by atoms with van der Waals surface area (Å²) in [6.45, 7) is 1.43. The van der Waals surface area contributed by atoms with Crippen LogP contribution in [-0.4, -0.2) is 18.4 Å². The Labute approximate surface area is 132 Å². The first-order valence-corrected chi connectivity index (χ1v) is 7.00. The standard InChI is InChI=1S/C18H14O5/c1-11-2-4-12(5-3-11)8-16-18(21)14-7-6-13(9-15(14)23-16)22-10-17(19)20/h2-9H,10H2,1H3,(H,19,20)/p-1/b16-8-. The molecule has 0 radical (unpaired) electrons. The van der Waals surface area contributed by atoms with E-state index in [1.54, 1.807) is 12.1 Å². The number of hydrogen-bond acceptors (Lipinski definition) is 5. The summed E-state index contributed by atoms with van der Waals surface area (Å²) in [5, 5.41) is 10.4. The molecule has 23 heavy (non-hydrogen) atoms. The summed E-state index contributed by atoms with van der Waals surface area (Å²) < 4.78 is 10.6. The lowest BCUT2D eigenvalue weighted by atomic mass is 10.1. The van der Waals surface area contributed by atoms with Gasteiger partial charge < -0.3 is 19.4 Å². The van der Waals surface area contributed by atoms with Gasteiger partial charge in [0.2, 0.25) is 5.78 Å². The minimum absolute atomic E-state index is 0.216. The van der Waals surface area contributed by atoms with Crippen molar-refractivity contribution >= 4 is 17.8 Å². The van der Waals surface area contributed by atoms with Crippen LogP contribution in [0.25, 0.3) is 6.08 Å². The molecule has 1 aliphatic rings. The van der Waals surface area contributed by atoms with Crippen LogP contribution in [-0.2, 0) is 4.79 Å². The van der Waals surface area contributed by atoms with E-state index in [9.17, 15) is 14.7 Å². The average molecular weight is 309 g/mol. The fourth-order valence-corrected chi connectivity index (χ4v) is 2.21. The van der Waals surface area contributed by atoms with Crippen LogP contribution in [0.5, 0.6) is 11.5 Å². The molecule has 3 rings (SSSR count). The molecule has 0 fully saturated rings. The van der Waals surface area contributed by atoms with Gasteiger partial charge in [-0.3, -0.25) is 4.79 Å². The van der Waals surface area contributed by atoms with Gasteiger partial charge in [0.25, 0.3) is 0 Å². The van der Waals surface area contributed by atoms with E-state index < -0.39 is 12.6 Å². The van der Waals surface area contributed by atoms with Crippen LogP contribution < -0.4 is 14.6 Å². The van der Waals surface area contributed by atoms with Crippen molar-refractivity contribution in [3.63, 3.8) is 0 Å². The fourth-order valence-electron chi connectivity index (χ4n) is 2.21. The predicted octanol–water partition coefficient (Wildman–Crippen LogP) is 1.74. The molecule has 1 aliphatic heterocycles. The first-order valence-electron chi connectivity index (χ1n) is 7.00. The van der Waals surface area contributed by atoms with Crippen LogP contribution >= 0.6 is 0 Å². The number of allylic oxidation sites excluding steroid dienone is 1. The molecular weight excluding hydrogens is 296 g/mol. The zero-order valence-corrected chi connectivity index (χ0v) is 12.4. The monoisotopic (exact) mass is 309 g/mol. The molecule has 0 bridgehead atoms. The van der Waals surface area contributed by atoms with Gasteiger partial charge in [0.05, 0.1) is 11.5 Å². The first kappa shape index (κ1) is 14.8. The van der Waals surface area contributed by atoms with E-state index in [0.29, 0.717) is 17.1 Å². The molecule has 5 nitrogen and oxygen atoms in total. The normalized spacial score (nSPS) is 14.5. The van der Waals surface area contributed by atoms with Gasteiger partial charge in [-0.25, -0.2) is 0 Å². The molecule has 0 aromatic heterocycles. The van der Waals surface area contributed by atoms with Gasteiger partial charge in [-0.1, -0.05) is 29.8 Å². The molecule has 5 heteroatoms. The summed E-state index contributed by atoms with van der Waals surface area (Å²) in [5.74, 6) is -0.656. The minimum Gasteiger partial charge on any atom is -0.546 e. The molecule has 0 spiro atoms. The molecule has 1 heterocycles. The van der Waals surface area contributed by atoms with E-state index in [0.717, 1.165) is 11.1 Å². The summed E-state index contributed by atoms with van der Waals surface area (Å²) in [4.78, 5) is 22.7. The van der Waals surface area contributed by atoms with Crippen LogP contribution in [0.3, 0.4) is 0 Å². The molecule has 116 valence electrons. The summed E-state index contributed by atoms with van der Waals surface area (Å²) in [6.07, 6.45) is 1.67. The molecule has 0 N–H and O–H groups in total. The molecular formula is C18H13O5-. The van der Waals surface area contributed by atoms with Gasteiger partial charge in [-0.2, -0.15) is 0 Å². The zero-order valence-electron chi connectivity index (χ0n) is 12.4. The highest BCUT2D eigenvalue weighted by atomic mass is 16.5. The van der Waals surface area contributed by atoms with Crippen molar-refractivity contribution in [3.05, 3.63) is 64.9 Å². The number of aliphatic carboxylic acids is 1. The Balaban J connectivity index is 1.83. The number of hydrogen-bond donors (Lipinski definition) is 0. The number of carbonyl (C=O) groups excluding carboxylic acids is 2. The van der Waals surface area contributed by atoms with Crippen LogP contribution in [0, 0.1) is 6.92 Å². The van der Waals surface area contributed by atoms with Crippen molar-refractivity contribution in [1.29, 1.82) is 0 Å². The summed E-state index contributed by atoms with van der Waals surface area (Å²) in [5.41, 5.74) is 2.41. The largest absolute Gasteiger partial charge is 0.546 e. The Bertz CT molecular complexity index is 803. The Morgan fingerprint density at radius 2 is 1.96 bits per heavy atom. The number of Topliss-reactive ketones (excluding diaryl/α,β-unsaturated/α-hetero) is 1. The Morgan fingerprint density at radius 3 is 2.65 bits per heavy atom. The maximum Gasteiger partial charge on any atom is 0.231 e. The second kappa shape index (κ2) is 5.96. The zero-order chi connectivity index (χ0) is 16.4. The number of ether oxygens (including phenoxy) is 2. The van der Waals surface area contributed by atoms with E-state index in [1.165, 1.54) is 12.1 Å². The third kappa shape index (κ3) is 3.23. The van der Waals surface area contributed by atoms with Gasteiger partial charge >= 0.3 is 0 Å². The number of carboxylic acids is 1. The average Bonchev–Trinajstić information content (AvgIpc) is 2.83. The molecule has 0 aliphatic carbocycles. The lowest BCUT2D eigenvalue weighted by Gasteiger charge is -2.07. The lowest BCUT2D eigenvalue weighted by Crippen LogP contribution is -2.28. The van der Waals surface area contributed by atoms with E-state index in [1.807, 2.05) is 31.2 Å². The third-order valence-corrected chi connectivity index (χ3v) is 3.37. The number of carboxylic acid groups (broad SMARTS) is 1. The Kier molecular flexibility index (Phi) is 3.85. The number of fused-ring (bicyclic) bond motifs is 1. The van der Waals surface area contributed by atoms with Gasteiger partial charge in [-0.15, -0.1) is 0 Å². The Morgan fingerprint density at radius 1 is 1.22 bits per heavy atom. The first-order chi connectivity index (χ1) is 11.0. The second-order valence-corrected chi connectivity index (χ2v) is 5.17. The summed E-state index contributed by atoms with van der Waals surface area (Å²) >= 11 is 0. The summed E-state index contributed by atoms with van der Waals surface area (Å²) in [7, 11) is 0. The maximum atomic E-state index is 12.3. The van der Waals surface area contributed by atoms with Crippen molar-refractivity contribution in [1.82, 2.24) is 0 Å². The molecule has 0 unspecified atom stereocenters. The topological polar surface area (TPSA) is 75.7 Å². The Hall–Kier alpha value is -3.08. The van der Waals surface area contributed by atoms with Crippen molar-refractivity contribution in [2.24, 2.45) is 0 Å². The van der Waals surface area contributed by atoms with E-state index in [2.05, 4.69) is 0 Å². The van der Waals surface area contributed by atoms with E-state index in [4.69, 9.17) is 9.47 Å². The summed E-state index contributed by atoms with van der Waals surface area (Å²) in [6, 6.07) is 12.3. The van der Waals surface area contributed by atoms with Gasteiger partial charge in [0, 0.05) is 6.07 Å². The number of carbonyl (C=O) groups is 2. The van der Waals surface area contributed by atoms with Crippen LogP contribution in [0.2, 0.25) is 0 Å². The molecule has 2 aromatic rings.